The molecule has 1 heterocycles. The number of esters is 1. The lowest BCUT2D eigenvalue weighted by Crippen LogP contribution is -2.11. The Morgan fingerprint density at radius 1 is 1.29 bits per heavy atom. The number of ether oxygens (including phenoxy) is 1. The number of carbonyl (C=O) groups excluding carboxylic acids is 1. The van der Waals surface area contributed by atoms with E-state index in [1.165, 1.54) is 24.3 Å². The van der Waals surface area contributed by atoms with Crippen molar-refractivity contribution in [3.63, 3.8) is 0 Å². The van der Waals surface area contributed by atoms with Crippen molar-refractivity contribution in [2.24, 2.45) is 0 Å². The number of non-ortho nitro benzene ring substituents is 1. The molecular formula is C14H13N3O4. The van der Waals surface area contributed by atoms with Crippen molar-refractivity contribution >= 4 is 11.7 Å². The number of aryl methyl sites for hydroxylation is 2. The van der Waals surface area contributed by atoms with Gasteiger partial charge in [0, 0.05) is 24.0 Å². The van der Waals surface area contributed by atoms with Crippen LogP contribution < -0.4 is 0 Å². The van der Waals surface area contributed by atoms with Gasteiger partial charge in [0.15, 0.2) is 0 Å². The maximum Gasteiger partial charge on any atom is 0.376 e. The molecule has 0 N–H and O–H groups in total. The lowest BCUT2D eigenvalue weighted by Gasteiger charge is -2.05. The maximum atomic E-state index is 11.8. The predicted octanol–water partition coefficient (Wildman–Crippen LogP) is 2.36. The molecule has 0 fully saturated rings. The van der Waals surface area contributed by atoms with E-state index in [1.54, 1.807) is 13.1 Å². The minimum absolute atomic E-state index is 0.0000108. The van der Waals surface area contributed by atoms with E-state index in [0.29, 0.717) is 11.3 Å². The van der Waals surface area contributed by atoms with E-state index in [0.717, 1.165) is 5.56 Å². The predicted molar refractivity (Wildman–Crippen MR) is 73.7 cm³/mol. The monoisotopic (exact) mass is 287 g/mol. The van der Waals surface area contributed by atoms with Crippen LogP contribution in [0.2, 0.25) is 0 Å². The van der Waals surface area contributed by atoms with Gasteiger partial charge in [0.05, 0.1) is 4.92 Å². The second kappa shape index (κ2) is 6.08. The van der Waals surface area contributed by atoms with Crippen molar-refractivity contribution in [1.82, 2.24) is 9.97 Å². The molecule has 0 saturated carbocycles. The molecule has 0 aliphatic carbocycles. The van der Waals surface area contributed by atoms with Crippen LogP contribution in [0.5, 0.6) is 0 Å². The molecule has 2 rings (SSSR count). The molecule has 0 amide bonds. The molecule has 108 valence electrons. The molecule has 0 saturated heterocycles. The summed E-state index contributed by atoms with van der Waals surface area (Å²) in [7, 11) is 0. The van der Waals surface area contributed by atoms with Crippen molar-refractivity contribution < 1.29 is 14.5 Å². The molecule has 1 aromatic carbocycles. The highest BCUT2D eigenvalue weighted by molar-refractivity contribution is 5.85. The van der Waals surface area contributed by atoms with E-state index < -0.39 is 10.9 Å². The highest BCUT2D eigenvalue weighted by atomic mass is 16.6. The normalized spacial score (nSPS) is 10.2. The molecule has 7 nitrogen and oxygen atoms in total. The minimum atomic E-state index is -0.628. The number of hydrogen-bond acceptors (Lipinski definition) is 6. The number of hydrogen-bond donors (Lipinski definition) is 0. The number of nitro benzene ring substituents is 1. The Hall–Kier alpha value is -2.83. The Morgan fingerprint density at radius 3 is 2.52 bits per heavy atom. The van der Waals surface area contributed by atoms with Crippen LogP contribution in [0.3, 0.4) is 0 Å². The van der Waals surface area contributed by atoms with Crippen LogP contribution in [0.4, 0.5) is 5.69 Å². The number of nitrogens with zero attached hydrogens (tertiary/aromatic N) is 3. The fraction of sp³-hybridized carbons (Fsp3) is 0.214. The zero-order chi connectivity index (χ0) is 15.4. The van der Waals surface area contributed by atoms with Gasteiger partial charge in [-0.15, -0.1) is 0 Å². The summed E-state index contributed by atoms with van der Waals surface area (Å²) in [6.45, 7) is 3.64. The Kier molecular flexibility index (Phi) is 4.22. The van der Waals surface area contributed by atoms with E-state index in [-0.39, 0.29) is 18.1 Å². The van der Waals surface area contributed by atoms with Crippen LogP contribution in [-0.2, 0) is 11.3 Å². The van der Waals surface area contributed by atoms with Crippen molar-refractivity contribution in [2.45, 2.75) is 20.5 Å². The van der Waals surface area contributed by atoms with Crippen LogP contribution in [0, 0.1) is 24.0 Å². The van der Waals surface area contributed by atoms with Gasteiger partial charge in [-0.2, -0.15) is 0 Å². The average Bonchev–Trinajstić information content (AvgIpc) is 2.48. The van der Waals surface area contributed by atoms with E-state index in [1.807, 2.05) is 6.92 Å². The van der Waals surface area contributed by atoms with Crippen LogP contribution in [0.15, 0.2) is 30.5 Å². The number of carbonyl (C=O) groups is 1. The highest BCUT2D eigenvalue weighted by Crippen LogP contribution is 2.13. The Balaban J connectivity index is 2.00. The average molecular weight is 287 g/mol. The van der Waals surface area contributed by atoms with Crippen LogP contribution in [0.25, 0.3) is 0 Å². The second-order valence-electron chi connectivity index (χ2n) is 4.46. The zero-order valence-electron chi connectivity index (χ0n) is 11.6. The maximum absolute atomic E-state index is 11.8. The van der Waals surface area contributed by atoms with Gasteiger partial charge in [0.25, 0.3) is 5.69 Å². The Labute approximate surface area is 120 Å². The summed E-state index contributed by atoms with van der Waals surface area (Å²) in [5.74, 6) is -0.628. The van der Waals surface area contributed by atoms with Gasteiger partial charge in [-0.1, -0.05) is 0 Å². The summed E-state index contributed by atoms with van der Waals surface area (Å²) in [6, 6.07) is 5.78. The zero-order valence-corrected chi connectivity index (χ0v) is 11.6. The molecule has 0 spiro atoms. The van der Waals surface area contributed by atoms with Gasteiger partial charge in [-0.05, 0) is 37.1 Å². The lowest BCUT2D eigenvalue weighted by molar-refractivity contribution is -0.384. The number of benzene rings is 1. The number of nitro groups is 1. The van der Waals surface area contributed by atoms with Crippen LogP contribution in [0.1, 0.15) is 27.4 Å². The smallest absolute Gasteiger partial charge is 0.376 e. The van der Waals surface area contributed by atoms with Crippen molar-refractivity contribution in [2.75, 3.05) is 0 Å². The first-order valence-electron chi connectivity index (χ1n) is 6.18. The van der Waals surface area contributed by atoms with Gasteiger partial charge in [0.2, 0.25) is 5.82 Å². The van der Waals surface area contributed by atoms with Crippen molar-refractivity contribution in [1.29, 1.82) is 0 Å². The number of rotatable bonds is 4. The Morgan fingerprint density at radius 2 is 1.95 bits per heavy atom. The van der Waals surface area contributed by atoms with Gasteiger partial charge in [-0.25, -0.2) is 14.8 Å². The molecule has 21 heavy (non-hydrogen) atoms. The first-order valence-corrected chi connectivity index (χ1v) is 6.18. The largest absolute Gasteiger partial charge is 0.455 e. The van der Waals surface area contributed by atoms with E-state index >= 15 is 0 Å². The first kappa shape index (κ1) is 14.6. The van der Waals surface area contributed by atoms with E-state index in [4.69, 9.17) is 4.74 Å². The summed E-state index contributed by atoms with van der Waals surface area (Å²) in [5, 5.41) is 10.5. The van der Waals surface area contributed by atoms with Gasteiger partial charge >= 0.3 is 5.97 Å². The molecule has 0 atom stereocenters. The molecule has 0 aliphatic heterocycles. The third-order valence-electron chi connectivity index (χ3n) is 2.92. The molecule has 0 unspecified atom stereocenters. The van der Waals surface area contributed by atoms with Crippen LogP contribution >= 0.6 is 0 Å². The molecule has 7 heteroatoms. The summed E-state index contributed by atoms with van der Waals surface area (Å²) in [5.41, 5.74) is 2.24. The SMILES string of the molecule is Cc1cnc(C(=O)OCc2ccc([N+](=O)[O-])cc2)nc1C. The number of aromatic nitrogens is 2. The molecule has 0 aliphatic rings. The molecule has 0 bridgehead atoms. The first-order chi connectivity index (χ1) is 9.97. The fourth-order valence-electron chi connectivity index (χ4n) is 1.55. The molecule has 2 aromatic rings. The van der Waals surface area contributed by atoms with Gasteiger partial charge in [0.1, 0.15) is 6.61 Å². The minimum Gasteiger partial charge on any atom is -0.455 e. The quantitative estimate of drug-likeness (QED) is 0.486. The fourth-order valence-corrected chi connectivity index (χ4v) is 1.55. The van der Waals surface area contributed by atoms with Crippen molar-refractivity contribution in [3.8, 4) is 0 Å². The van der Waals surface area contributed by atoms with Crippen molar-refractivity contribution in [3.05, 3.63) is 63.2 Å². The van der Waals surface area contributed by atoms with E-state index in [2.05, 4.69) is 9.97 Å². The second-order valence-corrected chi connectivity index (χ2v) is 4.46. The summed E-state index contributed by atoms with van der Waals surface area (Å²) in [4.78, 5) is 29.8. The summed E-state index contributed by atoms with van der Waals surface area (Å²) in [6.07, 6.45) is 1.56. The molecule has 0 radical (unpaired) electrons. The van der Waals surface area contributed by atoms with Crippen LogP contribution in [-0.4, -0.2) is 20.9 Å². The van der Waals surface area contributed by atoms with Gasteiger partial charge < -0.3 is 4.74 Å². The summed E-state index contributed by atoms with van der Waals surface area (Å²) < 4.78 is 5.08. The highest BCUT2D eigenvalue weighted by Gasteiger charge is 2.12. The summed E-state index contributed by atoms with van der Waals surface area (Å²) >= 11 is 0. The standard InChI is InChI=1S/C14H13N3O4/c1-9-7-15-13(16-10(9)2)14(18)21-8-11-3-5-12(6-4-11)17(19)20/h3-7H,8H2,1-2H3. The molecule has 1 aromatic heterocycles. The third-order valence-corrected chi connectivity index (χ3v) is 2.92. The topological polar surface area (TPSA) is 95.2 Å². The molecular weight excluding hydrogens is 274 g/mol. The van der Waals surface area contributed by atoms with E-state index in [9.17, 15) is 14.9 Å². The third kappa shape index (κ3) is 3.59. The van der Waals surface area contributed by atoms with Gasteiger partial charge in [-0.3, -0.25) is 10.1 Å². The lowest BCUT2D eigenvalue weighted by atomic mass is 10.2. The Bertz CT molecular complexity index is 683.